The van der Waals surface area contributed by atoms with Gasteiger partial charge in [0.15, 0.2) is 5.96 Å². The standard InChI is InChI=1S/C13H21N3O4/c1-9-11(12(17)19-4)7-10(20-9)8-16-13(14-2)15-5-6-18-3/h7H,5-6,8H2,1-4H3,(H2,14,15,16). The molecule has 0 spiro atoms. The minimum Gasteiger partial charge on any atom is -0.465 e. The number of hydrogen-bond acceptors (Lipinski definition) is 5. The molecule has 1 rings (SSSR count). The van der Waals surface area contributed by atoms with Crippen molar-refractivity contribution in [2.24, 2.45) is 4.99 Å². The number of aliphatic imine (C=N–C) groups is 1. The number of guanidine groups is 1. The van der Waals surface area contributed by atoms with E-state index in [9.17, 15) is 4.79 Å². The molecule has 0 aliphatic carbocycles. The van der Waals surface area contributed by atoms with Gasteiger partial charge in [0.25, 0.3) is 0 Å². The summed E-state index contributed by atoms with van der Waals surface area (Å²) in [6.07, 6.45) is 0. The Morgan fingerprint density at radius 3 is 2.75 bits per heavy atom. The summed E-state index contributed by atoms with van der Waals surface area (Å²) in [5, 5.41) is 6.16. The normalized spacial score (nSPS) is 11.3. The van der Waals surface area contributed by atoms with Crippen LogP contribution in [0.25, 0.3) is 0 Å². The van der Waals surface area contributed by atoms with Crippen LogP contribution in [0.5, 0.6) is 0 Å². The van der Waals surface area contributed by atoms with Crippen molar-refractivity contribution in [3.8, 4) is 0 Å². The number of hydrogen-bond donors (Lipinski definition) is 2. The summed E-state index contributed by atoms with van der Waals surface area (Å²) < 4.78 is 15.1. The van der Waals surface area contributed by atoms with Crippen LogP contribution in [0.15, 0.2) is 15.5 Å². The van der Waals surface area contributed by atoms with Crippen LogP contribution in [0, 0.1) is 6.92 Å². The van der Waals surface area contributed by atoms with Gasteiger partial charge >= 0.3 is 5.97 Å². The second kappa shape index (κ2) is 8.21. The first-order chi connectivity index (χ1) is 9.62. The Kier molecular flexibility index (Phi) is 6.58. The van der Waals surface area contributed by atoms with Gasteiger partial charge < -0.3 is 24.5 Å². The maximum Gasteiger partial charge on any atom is 0.341 e. The number of rotatable bonds is 6. The first-order valence-electron chi connectivity index (χ1n) is 6.23. The van der Waals surface area contributed by atoms with E-state index in [2.05, 4.69) is 20.4 Å². The number of aryl methyl sites for hydroxylation is 1. The molecule has 0 atom stereocenters. The van der Waals surface area contributed by atoms with Gasteiger partial charge in [0, 0.05) is 20.7 Å². The molecular formula is C13H21N3O4. The third kappa shape index (κ3) is 4.58. The van der Waals surface area contributed by atoms with Crippen molar-refractivity contribution in [3.63, 3.8) is 0 Å². The van der Waals surface area contributed by atoms with Gasteiger partial charge in [-0.3, -0.25) is 4.99 Å². The molecule has 112 valence electrons. The van der Waals surface area contributed by atoms with E-state index in [1.165, 1.54) is 7.11 Å². The molecule has 0 aliphatic rings. The maximum absolute atomic E-state index is 11.5. The molecule has 0 bridgehead atoms. The zero-order chi connectivity index (χ0) is 15.0. The van der Waals surface area contributed by atoms with E-state index >= 15 is 0 Å². The molecule has 1 heterocycles. The second-order valence-corrected chi connectivity index (χ2v) is 4.02. The molecule has 1 aromatic heterocycles. The highest BCUT2D eigenvalue weighted by molar-refractivity contribution is 5.90. The number of esters is 1. The van der Waals surface area contributed by atoms with Gasteiger partial charge in [-0.25, -0.2) is 4.79 Å². The minimum absolute atomic E-state index is 0.403. The molecule has 0 fully saturated rings. The molecule has 0 aromatic carbocycles. The van der Waals surface area contributed by atoms with Crippen LogP contribution in [0.3, 0.4) is 0 Å². The number of ether oxygens (including phenoxy) is 2. The molecule has 0 saturated carbocycles. The largest absolute Gasteiger partial charge is 0.465 e. The van der Waals surface area contributed by atoms with E-state index in [1.807, 2.05) is 0 Å². The topological polar surface area (TPSA) is 85.1 Å². The molecule has 20 heavy (non-hydrogen) atoms. The highest BCUT2D eigenvalue weighted by Crippen LogP contribution is 2.15. The monoisotopic (exact) mass is 283 g/mol. The van der Waals surface area contributed by atoms with Crippen LogP contribution in [0.2, 0.25) is 0 Å². The highest BCUT2D eigenvalue weighted by atomic mass is 16.5. The van der Waals surface area contributed by atoms with E-state index in [0.29, 0.717) is 42.7 Å². The fourth-order valence-electron chi connectivity index (χ4n) is 1.61. The zero-order valence-corrected chi connectivity index (χ0v) is 12.3. The third-order valence-corrected chi connectivity index (χ3v) is 2.63. The van der Waals surface area contributed by atoms with Crippen molar-refractivity contribution in [2.45, 2.75) is 13.5 Å². The first kappa shape index (κ1) is 16.0. The summed E-state index contributed by atoms with van der Waals surface area (Å²) in [7, 11) is 4.65. The molecule has 2 N–H and O–H groups in total. The van der Waals surface area contributed by atoms with Gasteiger partial charge in [-0.05, 0) is 13.0 Å². The molecule has 0 radical (unpaired) electrons. The van der Waals surface area contributed by atoms with Crippen LogP contribution in [0.1, 0.15) is 21.9 Å². The van der Waals surface area contributed by atoms with E-state index in [-0.39, 0.29) is 0 Å². The van der Waals surface area contributed by atoms with Crippen LogP contribution in [-0.4, -0.2) is 46.3 Å². The van der Waals surface area contributed by atoms with Gasteiger partial charge in [0.05, 0.1) is 20.3 Å². The minimum atomic E-state index is -0.403. The number of nitrogens with zero attached hydrogens (tertiary/aromatic N) is 1. The molecule has 7 nitrogen and oxygen atoms in total. The molecule has 0 aliphatic heterocycles. The average Bonchev–Trinajstić information content (AvgIpc) is 2.83. The lowest BCUT2D eigenvalue weighted by molar-refractivity contribution is 0.0599. The van der Waals surface area contributed by atoms with E-state index in [1.54, 1.807) is 27.1 Å². The van der Waals surface area contributed by atoms with Crippen LogP contribution >= 0.6 is 0 Å². The maximum atomic E-state index is 11.5. The number of carbonyl (C=O) groups excluding carboxylic acids is 1. The van der Waals surface area contributed by atoms with E-state index < -0.39 is 5.97 Å². The Labute approximate surface area is 118 Å². The summed E-state index contributed by atoms with van der Waals surface area (Å²) in [4.78, 5) is 15.5. The number of nitrogens with one attached hydrogen (secondary N) is 2. The quantitative estimate of drug-likeness (QED) is 0.346. The molecular weight excluding hydrogens is 262 g/mol. The van der Waals surface area contributed by atoms with Crippen LogP contribution in [-0.2, 0) is 16.0 Å². The SMILES string of the molecule is CN=C(NCCOC)NCc1cc(C(=O)OC)c(C)o1. The fourth-order valence-corrected chi connectivity index (χ4v) is 1.61. The Morgan fingerprint density at radius 2 is 2.15 bits per heavy atom. The Bertz CT molecular complexity index is 468. The van der Waals surface area contributed by atoms with Crippen molar-refractivity contribution in [1.29, 1.82) is 0 Å². The predicted molar refractivity (Wildman–Crippen MR) is 74.9 cm³/mol. The third-order valence-electron chi connectivity index (χ3n) is 2.63. The van der Waals surface area contributed by atoms with Gasteiger partial charge in [-0.1, -0.05) is 0 Å². The lowest BCUT2D eigenvalue weighted by Crippen LogP contribution is -2.38. The first-order valence-corrected chi connectivity index (χ1v) is 6.23. The zero-order valence-electron chi connectivity index (χ0n) is 12.3. The Balaban J connectivity index is 2.54. The van der Waals surface area contributed by atoms with Gasteiger partial charge in [0.2, 0.25) is 0 Å². The smallest absolute Gasteiger partial charge is 0.341 e. The van der Waals surface area contributed by atoms with Crippen molar-refractivity contribution >= 4 is 11.9 Å². The molecule has 0 unspecified atom stereocenters. The van der Waals surface area contributed by atoms with Crippen LogP contribution < -0.4 is 10.6 Å². The van der Waals surface area contributed by atoms with Gasteiger partial charge in [-0.15, -0.1) is 0 Å². The van der Waals surface area contributed by atoms with Gasteiger partial charge in [0.1, 0.15) is 17.1 Å². The number of carbonyl (C=O) groups is 1. The lowest BCUT2D eigenvalue weighted by Gasteiger charge is -2.10. The second-order valence-electron chi connectivity index (χ2n) is 4.02. The lowest BCUT2D eigenvalue weighted by atomic mass is 10.2. The highest BCUT2D eigenvalue weighted by Gasteiger charge is 2.15. The average molecular weight is 283 g/mol. The predicted octanol–water partition coefficient (Wildman–Crippen LogP) is 0.686. The Morgan fingerprint density at radius 1 is 1.40 bits per heavy atom. The molecule has 1 aromatic rings. The van der Waals surface area contributed by atoms with E-state index in [0.717, 1.165) is 0 Å². The number of methoxy groups -OCH3 is 2. The Hall–Kier alpha value is -2.02. The van der Waals surface area contributed by atoms with Crippen molar-refractivity contribution in [2.75, 3.05) is 34.4 Å². The van der Waals surface area contributed by atoms with Crippen molar-refractivity contribution < 1.29 is 18.7 Å². The summed E-state index contributed by atoms with van der Waals surface area (Å²) in [6.45, 7) is 3.39. The van der Waals surface area contributed by atoms with Crippen molar-refractivity contribution in [3.05, 3.63) is 23.2 Å². The fraction of sp³-hybridized carbons (Fsp3) is 0.538. The summed E-state index contributed by atoms with van der Waals surface area (Å²) in [5.74, 6) is 1.41. The van der Waals surface area contributed by atoms with Gasteiger partial charge in [-0.2, -0.15) is 0 Å². The molecule has 0 amide bonds. The molecule has 0 saturated heterocycles. The summed E-state index contributed by atoms with van der Waals surface area (Å²) >= 11 is 0. The molecule has 7 heteroatoms. The number of furan rings is 1. The van der Waals surface area contributed by atoms with Crippen LogP contribution in [0.4, 0.5) is 0 Å². The van der Waals surface area contributed by atoms with Crippen molar-refractivity contribution in [1.82, 2.24) is 10.6 Å². The summed E-state index contributed by atoms with van der Waals surface area (Å²) in [6, 6.07) is 1.66. The summed E-state index contributed by atoms with van der Waals surface area (Å²) in [5.41, 5.74) is 0.437. The van der Waals surface area contributed by atoms with E-state index in [4.69, 9.17) is 9.15 Å².